The molecule has 1 aliphatic rings. The molecule has 7 heteroatoms. The summed E-state index contributed by atoms with van der Waals surface area (Å²) in [5.41, 5.74) is 3.89. The molecule has 0 aliphatic carbocycles. The number of nitrogens with one attached hydrogen (secondary N) is 2. The number of anilines is 1. The number of carbonyl (C=O) groups excluding carboxylic acids is 1. The van der Waals surface area contributed by atoms with E-state index in [4.69, 9.17) is 0 Å². The summed E-state index contributed by atoms with van der Waals surface area (Å²) >= 11 is 0. The molecular formula is C24H26N6O. The van der Waals surface area contributed by atoms with Gasteiger partial charge in [0.05, 0.1) is 23.5 Å². The standard InChI is InChI=1S/C24H26N6O/c1-17-25-12-14-30(17)20-10-8-19(9-11-20)26-24(31)18-5-4-13-29(15-18)16-23-27-21-6-2-3-7-22(21)28-23/h2-3,6-12,14,18H,4-5,13,15-16H2,1H3,(H,26,31)(H,27,28). The summed E-state index contributed by atoms with van der Waals surface area (Å²) in [6.07, 6.45) is 5.64. The number of rotatable bonds is 5. The number of benzene rings is 2. The van der Waals surface area contributed by atoms with Crippen LogP contribution in [0.3, 0.4) is 0 Å². The van der Waals surface area contributed by atoms with Gasteiger partial charge < -0.3 is 14.9 Å². The molecule has 1 unspecified atom stereocenters. The number of amides is 1. The first-order chi connectivity index (χ1) is 15.2. The van der Waals surface area contributed by atoms with Crippen molar-refractivity contribution in [2.24, 2.45) is 5.92 Å². The number of fused-ring (bicyclic) bond motifs is 1. The van der Waals surface area contributed by atoms with Crippen molar-refractivity contribution in [3.8, 4) is 5.69 Å². The zero-order valence-corrected chi connectivity index (χ0v) is 17.6. The maximum Gasteiger partial charge on any atom is 0.228 e. The van der Waals surface area contributed by atoms with Crippen LogP contribution in [0.4, 0.5) is 5.69 Å². The summed E-state index contributed by atoms with van der Waals surface area (Å²) in [6.45, 7) is 4.43. The predicted molar refractivity (Wildman–Crippen MR) is 121 cm³/mol. The Bertz CT molecular complexity index is 1160. The molecule has 1 fully saturated rings. The maximum atomic E-state index is 12.9. The number of aromatic nitrogens is 4. The van der Waals surface area contributed by atoms with Gasteiger partial charge in [-0.3, -0.25) is 9.69 Å². The molecule has 1 aliphatic heterocycles. The van der Waals surface area contributed by atoms with Gasteiger partial charge in [0.25, 0.3) is 0 Å². The Morgan fingerprint density at radius 1 is 1.19 bits per heavy atom. The van der Waals surface area contributed by atoms with Crippen molar-refractivity contribution < 1.29 is 4.79 Å². The van der Waals surface area contributed by atoms with E-state index in [0.717, 1.165) is 66.5 Å². The molecule has 4 aromatic rings. The van der Waals surface area contributed by atoms with Gasteiger partial charge in [-0.05, 0) is 62.7 Å². The smallest absolute Gasteiger partial charge is 0.228 e. The Kier molecular flexibility index (Phi) is 5.26. The van der Waals surface area contributed by atoms with Crippen molar-refractivity contribution in [1.29, 1.82) is 0 Å². The highest BCUT2D eigenvalue weighted by molar-refractivity contribution is 5.92. The van der Waals surface area contributed by atoms with Crippen LogP contribution in [0.5, 0.6) is 0 Å². The molecule has 31 heavy (non-hydrogen) atoms. The van der Waals surface area contributed by atoms with Gasteiger partial charge in [0, 0.05) is 30.3 Å². The molecule has 0 bridgehead atoms. The van der Waals surface area contributed by atoms with Crippen LogP contribution in [0, 0.1) is 12.8 Å². The van der Waals surface area contributed by atoms with E-state index in [1.165, 1.54) is 0 Å². The third-order valence-corrected chi connectivity index (χ3v) is 5.93. The molecule has 0 spiro atoms. The molecule has 2 aromatic heterocycles. The number of imidazole rings is 2. The lowest BCUT2D eigenvalue weighted by atomic mass is 9.97. The summed E-state index contributed by atoms with van der Waals surface area (Å²) < 4.78 is 2.02. The molecule has 5 rings (SSSR count). The number of hydrogen-bond acceptors (Lipinski definition) is 4. The van der Waals surface area contributed by atoms with E-state index < -0.39 is 0 Å². The van der Waals surface area contributed by atoms with Crippen molar-refractivity contribution >= 4 is 22.6 Å². The maximum absolute atomic E-state index is 12.9. The lowest BCUT2D eigenvalue weighted by Crippen LogP contribution is -2.40. The van der Waals surface area contributed by atoms with Gasteiger partial charge in [-0.15, -0.1) is 0 Å². The lowest BCUT2D eigenvalue weighted by Gasteiger charge is -2.31. The Morgan fingerprint density at radius 3 is 2.81 bits per heavy atom. The van der Waals surface area contributed by atoms with E-state index in [0.29, 0.717) is 0 Å². The van der Waals surface area contributed by atoms with E-state index >= 15 is 0 Å². The SMILES string of the molecule is Cc1nccn1-c1ccc(NC(=O)C2CCCN(Cc3nc4ccccc4[nH]3)C2)cc1. The first kappa shape index (κ1) is 19.5. The van der Waals surface area contributed by atoms with Gasteiger partial charge in [0.15, 0.2) is 0 Å². The molecule has 7 nitrogen and oxygen atoms in total. The highest BCUT2D eigenvalue weighted by Crippen LogP contribution is 2.22. The topological polar surface area (TPSA) is 78.8 Å². The number of H-pyrrole nitrogens is 1. The fourth-order valence-electron chi connectivity index (χ4n) is 4.31. The van der Waals surface area contributed by atoms with Gasteiger partial charge in [-0.2, -0.15) is 0 Å². The van der Waals surface area contributed by atoms with E-state index in [1.54, 1.807) is 6.20 Å². The predicted octanol–water partition coefficient (Wildman–Crippen LogP) is 3.91. The molecule has 0 radical (unpaired) electrons. The monoisotopic (exact) mass is 414 g/mol. The van der Waals surface area contributed by atoms with Gasteiger partial charge in [0.1, 0.15) is 11.6 Å². The fraction of sp³-hybridized carbons (Fsp3) is 0.292. The number of carbonyl (C=O) groups is 1. The van der Waals surface area contributed by atoms with Crippen LogP contribution in [0.1, 0.15) is 24.5 Å². The minimum absolute atomic E-state index is 0.0197. The number of aryl methyl sites for hydroxylation is 1. The second-order valence-electron chi connectivity index (χ2n) is 8.16. The molecule has 1 saturated heterocycles. The molecule has 0 saturated carbocycles. The van der Waals surface area contributed by atoms with Crippen molar-refractivity contribution in [2.75, 3.05) is 18.4 Å². The number of aromatic amines is 1. The van der Waals surface area contributed by atoms with Crippen LogP contribution in [0.15, 0.2) is 60.9 Å². The van der Waals surface area contributed by atoms with Crippen LogP contribution in [-0.2, 0) is 11.3 Å². The van der Waals surface area contributed by atoms with E-state index in [9.17, 15) is 4.79 Å². The molecular weight excluding hydrogens is 388 g/mol. The quantitative estimate of drug-likeness (QED) is 0.519. The highest BCUT2D eigenvalue weighted by Gasteiger charge is 2.26. The summed E-state index contributed by atoms with van der Waals surface area (Å²) in [5, 5.41) is 3.09. The van der Waals surface area contributed by atoms with Crippen LogP contribution in [0.25, 0.3) is 16.7 Å². The first-order valence-electron chi connectivity index (χ1n) is 10.7. The second-order valence-corrected chi connectivity index (χ2v) is 8.16. The Hall–Kier alpha value is -3.45. The minimum atomic E-state index is -0.0197. The number of likely N-dealkylation sites (tertiary alicyclic amines) is 1. The summed E-state index contributed by atoms with van der Waals surface area (Å²) in [6, 6.07) is 16.0. The van der Waals surface area contributed by atoms with Gasteiger partial charge in [-0.1, -0.05) is 12.1 Å². The minimum Gasteiger partial charge on any atom is -0.341 e. The van der Waals surface area contributed by atoms with Gasteiger partial charge >= 0.3 is 0 Å². The number of para-hydroxylation sites is 2. The largest absolute Gasteiger partial charge is 0.341 e. The normalized spacial score (nSPS) is 17.1. The Balaban J connectivity index is 1.21. The van der Waals surface area contributed by atoms with Crippen molar-refractivity contribution in [1.82, 2.24) is 24.4 Å². The summed E-state index contributed by atoms with van der Waals surface area (Å²) in [5.74, 6) is 1.95. The van der Waals surface area contributed by atoms with E-state index in [-0.39, 0.29) is 11.8 Å². The highest BCUT2D eigenvalue weighted by atomic mass is 16.1. The number of nitrogens with zero attached hydrogens (tertiary/aromatic N) is 4. The van der Waals surface area contributed by atoms with Crippen molar-refractivity contribution in [3.05, 3.63) is 72.6 Å². The zero-order valence-electron chi connectivity index (χ0n) is 17.6. The van der Waals surface area contributed by atoms with Crippen LogP contribution in [0.2, 0.25) is 0 Å². The second kappa shape index (κ2) is 8.35. The zero-order chi connectivity index (χ0) is 21.2. The van der Waals surface area contributed by atoms with E-state index in [2.05, 4.69) is 25.2 Å². The van der Waals surface area contributed by atoms with Crippen molar-refractivity contribution in [3.63, 3.8) is 0 Å². The lowest BCUT2D eigenvalue weighted by molar-refractivity contribution is -0.121. The Morgan fingerprint density at radius 2 is 2.03 bits per heavy atom. The fourth-order valence-corrected chi connectivity index (χ4v) is 4.31. The third kappa shape index (κ3) is 4.22. The molecule has 1 atom stereocenters. The summed E-state index contributed by atoms with van der Waals surface area (Å²) in [7, 11) is 0. The number of hydrogen-bond donors (Lipinski definition) is 2. The molecule has 2 aromatic carbocycles. The van der Waals surface area contributed by atoms with Gasteiger partial charge in [-0.25, -0.2) is 9.97 Å². The average Bonchev–Trinajstić information content (AvgIpc) is 3.40. The molecule has 2 N–H and O–H groups in total. The molecule has 3 heterocycles. The Labute approximate surface area is 181 Å². The van der Waals surface area contributed by atoms with Crippen molar-refractivity contribution in [2.45, 2.75) is 26.3 Å². The van der Waals surface area contributed by atoms with Crippen LogP contribution < -0.4 is 5.32 Å². The molecule has 158 valence electrons. The van der Waals surface area contributed by atoms with Crippen LogP contribution in [-0.4, -0.2) is 43.4 Å². The molecule has 1 amide bonds. The van der Waals surface area contributed by atoms with E-state index in [1.807, 2.05) is 66.2 Å². The van der Waals surface area contributed by atoms with Gasteiger partial charge in [0.2, 0.25) is 5.91 Å². The number of piperidine rings is 1. The van der Waals surface area contributed by atoms with Crippen LogP contribution >= 0.6 is 0 Å². The third-order valence-electron chi connectivity index (χ3n) is 5.93. The first-order valence-corrected chi connectivity index (χ1v) is 10.7. The average molecular weight is 415 g/mol. The summed E-state index contributed by atoms with van der Waals surface area (Å²) in [4.78, 5) is 27.5.